The average molecular weight is 297 g/mol. The van der Waals surface area contributed by atoms with Crippen LogP contribution in [0.5, 0.6) is 0 Å². The lowest BCUT2D eigenvalue weighted by atomic mass is 10.3. The van der Waals surface area contributed by atoms with Crippen molar-refractivity contribution in [1.82, 2.24) is 14.5 Å². The molecule has 0 aliphatic carbocycles. The van der Waals surface area contributed by atoms with Crippen LogP contribution in [0.3, 0.4) is 0 Å². The molecule has 19 heavy (non-hydrogen) atoms. The number of aliphatic carboxylic acids is 1. The summed E-state index contributed by atoms with van der Waals surface area (Å²) in [5.74, 6) is -0.0390. The Balaban J connectivity index is 1.92. The summed E-state index contributed by atoms with van der Waals surface area (Å²) in [6.45, 7) is 3.11. The van der Waals surface area contributed by atoms with Crippen molar-refractivity contribution in [3.63, 3.8) is 0 Å². The molecule has 2 aromatic heterocycles. The fourth-order valence-corrected chi connectivity index (χ4v) is 3.47. The van der Waals surface area contributed by atoms with Crippen LogP contribution in [0, 0.1) is 0 Å². The van der Waals surface area contributed by atoms with E-state index in [1.54, 1.807) is 17.1 Å². The van der Waals surface area contributed by atoms with E-state index < -0.39 is 5.97 Å². The van der Waals surface area contributed by atoms with Crippen LogP contribution in [-0.2, 0) is 23.5 Å². The molecule has 0 aliphatic heterocycles. The molecule has 0 radical (unpaired) electrons. The van der Waals surface area contributed by atoms with Gasteiger partial charge in [-0.15, -0.1) is 11.3 Å². The Bertz CT molecular complexity index is 551. The zero-order valence-electron chi connectivity index (χ0n) is 10.6. The lowest BCUT2D eigenvalue weighted by Crippen LogP contribution is -2.00. The maximum Gasteiger partial charge on any atom is 0.309 e. The van der Waals surface area contributed by atoms with Crippen molar-refractivity contribution in [2.45, 2.75) is 36.4 Å². The Morgan fingerprint density at radius 2 is 2.42 bits per heavy atom. The molecule has 2 heterocycles. The van der Waals surface area contributed by atoms with E-state index in [-0.39, 0.29) is 6.42 Å². The van der Waals surface area contributed by atoms with E-state index in [0.717, 1.165) is 23.1 Å². The van der Waals surface area contributed by atoms with Crippen LogP contribution in [0.2, 0.25) is 0 Å². The molecule has 7 heteroatoms. The molecule has 0 bridgehead atoms. The van der Waals surface area contributed by atoms with Gasteiger partial charge in [0.2, 0.25) is 0 Å². The van der Waals surface area contributed by atoms with E-state index in [1.807, 2.05) is 12.5 Å². The van der Waals surface area contributed by atoms with Crippen molar-refractivity contribution in [3.8, 4) is 0 Å². The van der Waals surface area contributed by atoms with Crippen LogP contribution in [0.1, 0.15) is 24.7 Å². The summed E-state index contributed by atoms with van der Waals surface area (Å²) in [5, 5.41) is 10.5. The Morgan fingerprint density at radius 1 is 1.58 bits per heavy atom. The highest BCUT2D eigenvalue weighted by atomic mass is 32.2. The first kappa shape index (κ1) is 14.1. The lowest BCUT2D eigenvalue weighted by molar-refractivity contribution is -0.136. The highest BCUT2D eigenvalue weighted by Gasteiger charge is 2.08. The quantitative estimate of drug-likeness (QED) is 0.796. The average Bonchev–Trinajstić information content (AvgIpc) is 2.96. The number of rotatable bonds is 7. The van der Waals surface area contributed by atoms with Crippen LogP contribution >= 0.6 is 23.1 Å². The molecule has 0 saturated carbocycles. The van der Waals surface area contributed by atoms with E-state index in [0.29, 0.717) is 5.69 Å². The Hall–Kier alpha value is -1.34. The molecule has 2 rings (SSSR count). The molecule has 0 amide bonds. The minimum atomic E-state index is -0.845. The van der Waals surface area contributed by atoms with Gasteiger partial charge in [-0.2, -0.15) is 0 Å². The molecular formula is C12H15N3O2S2. The molecule has 1 N–H and O–H groups in total. The lowest BCUT2D eigenvalue weighted by Gasteiger charge is -2.04. The Morgan fingerprint density at radius 3 is 3.16 bits per heavy atom. The second kappa shape index (κ2) is 6.72. The summed E-state index contributed by atoms with van der Waals surface area (Å²) in [5.41, 5.74) is 1.80. The molecule has 0 fully saturated rings. The molecule has 2 aromatic rings. The number of thioether (sulfide) groups is 1. The van der Waals surface area contributed by atoms with Gasteiger partial charge < -0.3 is 9.67 Å². The van der Waals surface area contributed by atoms with E-state index >= 15 is 0 Å². The molecule has 102 valence electrons. The third kappa shape index (κ3) is 4.07. The largest absolute Gasteiger partial charge is 0.481 e. The van der Waals surface area contributed by atoms with Crippen LogP contribution in [0.4, 0.5) is 0 Å². The standard InChI is InChI=1S/C12H15N3O2S2/c1-2-3-15-8-13-5-10(15)7-19-12-14-9(6-18-12)4-11(16)17/h5-6,8H,2-4,7H2,1H3,(H,16,17). The summed E-state index contributed by atoms with van der Waals surface area (Å²) in [6.07, 6.45) is 4.78. The van der Waals surface area contributed by atoms with Crippen molar-refractivity contribution in [2.75, 3.05) is 0 Å². The monoisotopic (exact) mass is 297 g/mol. The highest BCUT2D eigenvalue weighted by molar-refractivity contribution is 8.00. The molecule has 5 nitrogen and oxygen atoms in total. The van der Waals surface area contributed by atoms with Crippen LogP contribution in [0.25, 0.3) is 0 Å². The number of thiazole rings is 1. The van der Waals surface area contributed by atoms with Crippen molar-refractivity contribution >= 4 is 29.1 Å². The third-order valence-corrected chi connectivity index (χ3v) is 4.57. The summed E-state index contributed by atoms with van der Waals surface area (Å²) in [7, 11) is 0. The predicted molar refractivity (Wildman–Crippen MR) is 75.5 cm³/mol. The fraction of sp³-hybridized carbons (Fsp3) is 0.417. The molecule has 0 spiro atoms. The molecule has 0 aliphatic rings. The van der Waals surface area contributed by atoms with Gasteiger partial charge in [-0.25, -0.2) is 9.97 Å². The minimum Gasteiger partial charge on any atom is -0.481 e. The number of aryl methyl sites for hydroxylation is 1. The number of hydrogen-bond donors (Lipinski definition) is 1. The van der Waals surface area contributed by atoms with Crippen molar-refractivity contribution in [1.29, 1.82) is 0 Å². The summed E-state index contributed by atoms with van der Waals surface area (Å²) in [6, 6.07) is 0. The smallest absolute Gasteiger partial charge is 0.309 e. The number of carboxylic acid groups (broad SMARTS) is 1. The Kier molecular flexibility index (Phi) is 4.98. The van der Waals surface area contributed by atoms with Crippen molar-refractivity contribution < 1.29 is 9.90 Å². The summed E-state index contributed by atoms with van der Waals surface area (Å²) in [4.78, 5) is 19.0. The van der Waals surface area contributed by atoms with E-state index in [4.69, 9.17) is 5.11 Å². The minimum absolute atomic E-state index is 0.00910. The normalized spacial score (nSPS) is 10.8. The van der Waals surface area contributed by atoms with Gasteiger partial charge in [0.05, 0.1) is 18.4 Å². The number of carboxylic acids is 1. The number of nitrogens with zero attached hydrogens (tertiary/aromatic N) is 3. The highest BCUT2D eigenvalue weighted by Crippen LogP contribution is 2.26. The van der Waals surface area contributed by atoms with Crippen molar-refractivity contribution in [3.05, 3.63) is 29.3 Å². The number of imidazole rings is 1. The second-order valence-corrected chi connectivity index (χ2v) is 6.12. The van der Waals surface area contributed by atoms with Gasteiger partial charge in [0.15, 0.2) is 4.34 Å². The Labute approximate surface area is 119 Å². The van der Waals surface area contributed by atoms with Gasteiger partial charge in [-0.05, 0) is 6.42 Å². The van der Waals surface area contributed by atoms with Gasteiger partial charge >= 0.3 is 5.97 Å². The topological polar surface area (TPSA) is 68.0 Å². The van der Waals surface area contributed by atoms with Gasteiger partial charge in [0.25, 0.3) is 0 Å². The maximum absolute atomic E-state index is 10.6. The molecule has 0 aromatic carbocycles. The van der Waals surface area contributed by atoms with Crippen molar-refractivity contribution in [2.24, 2.45) is 0 Å². The first-order chi connectivity index (χ1) is 9.19. The second-order valence-electron chi connectivity index (χ2n) is 4.04. The van der Waals surface area contributed by atoms with Gasteiger partial charge in [-0.3, -0.25) is 4.79 Å². The van der Waals surface area contributed by atoms with Gasteiger partial charge in [0.1, 0.15) is 0 Å². The van der Waals surface area contributed by atoms with Gasteiger partial charge in [0, 0.05) is 29.6 Å². The SMILES string of the molecule is CCCn1cncc1CSc1nc(CC(=O)O)cs1. The zero-order chi connectivity index (χ0) is 13.7. The van der Waals surface area contributed by atoms with E-state index in [9.17, 15) is 4.79 Å². The summed E-state index contributed by atoms with van der Waals surface area (Å²) < 4.78 is 3.04. The first-order valence-corrected chi connectivity index (χ1v) is 7.83. The summed E-state index contributed by atoms with van der Waals surface area (Å²) >= 11 is 3.11. The van der Waals surface area contributed by atoms with E-state index in [1.165, 1.54) is 17.0 Å². The predicted octanol–water partition coefficient (Wildman–Crippen LogP) is 2.67. The number of carbonyl (C=O) groups is 1. The zero-order valence-corrected chi connectivity index (χ0v) is 12.2. The van der Waals surface area contributed by atoms with Crippen LogP contribution in [0.15, 0.2) is 22.2 Å². The number of aromatic nitrogens is 3. The first-order valence-electron chi connectivity index (χ1n) is 5.97. The van der Waals surface area contributed by atoms with Gasteiger partial charge in [-0.1, -0.05) is 18.7 Å². The molecule has 0 atom stereocenters. The van der Waals surface area contributed by atoms with Crippen LogP contribution < -0.4 is 0 Å². The van der Waals surface area contributed by atoms with Crippen LogP contribution in [-0.4, -0.2) is 25.6 Å². The maximum atomic E-state index is 10.6. The molecule has 0 unspecified atom stereocenters. The third-order valence-electron chi connectivity index (χ3n) is 2.47. The molecular weight excluding hydrogens is 282 g/mol. The fourth-order valence-electron chi connectivity index (χ4n) is 1.64. The number of hydrogen-bond acceptors (Lipinski definition) is 5. The molecule has 0 saturated heterocycles. The van der Waals surface area contributed by atoms with E-state index in [2.05, 4.69) is 21.5 Å².